The number of primary amides is 2. The summed E-state index contributed by atoms with van der Waals surface area (Å²) in [6.45, 7) is 1.93. The lowest BCUT2D eigenvalue weighted by molar-refractivity contribution is -0.123. The highest BCUT2D eigenvalue weighted by Crippen LogP contribution is 1.82. The minimum Gasteiger partial charge on any atom is -0.397 e. The van der Waals surface area contributed by atoms with E-state index < -0.39 is 11.8 Å². The van der Waals surface area contributed by atoms with Gasteiger partial charge in [0.25, 0.3) is 0 Å². The molecule has 0 saturated carbocycles. The van der Waals surface area contributed by atoms with Crippen molar-refractivity contribution in [3.8, 4) is 0 Å². The fourth-order valence-electron chi connectivity index (χ4n) is 0.246. The molecule has 0 fully saturated rings. The van der Waals surface area contributed by atoms with Gasteiger partial charge in [0, 0.05) is 19.4 Å². The molecule has 11 heavy (non-hydrogen) atoms. The third-order valence-corrected chi connectivity index (χ3v) is 0.618. The molecule has 0 aromatic carbocycles. The monoisotopic (exact) mass is 162 g/mol. The first-order valence-electron chi connectivity index (χ1n) is 3.22. The third kappa shape index (κ3) is 27.9. The molecule has 0 atom stereocenters. The Morgan fingerprint density at radius 2 is 1.36 bits per heavy atom. The number of rotatable bonds is 3. The number of nitrogens with two attached hydrogens (primary N) is 2. The van der Waals surface area contributed by atoms with Gasteiger partial charge < -0.3 is 16.6 Å². The predicted octanol–water partition coefficient (Wildman–Crippen LogP) is -1.26. The lowest BCUT2D eigenvalue weighted by Gasteiger charge is -1.87. The number of aliphatic hydroxyl groups excluding tert-OH is 1. The van der Waals surface area contributed by atoms with Crippen molar-refractivity contribution in [2.24, 2.45) is 11.5 Å². The van der Waals surface area contributed by atoms with E-state index in [0.29, 0.717) is 0 Å². The van der Waals surface area contributed by atoms with Crippen LogP contribution in [-0.2, 0) is 9.59 Å². The van der Waals surface area contributed by atoms with Crippen LogP contribution in [0.15, 0.2) is 0 Å². The number of carbonyl (C=O) groups excluding carboxylic acids is 2. The first-order chi connectivity index (χ1) is 5.04. The molecule has 0 aromatic heterocycles. The average Bonchev–Trinajstić information content (AvgIpc) is 1.85. The van der Waals surface area contributed by atoms with E-state index in [-0.39, 0.29) is 19.4 Å². The summed E-state index contributed by atoms with van der Waals surface area (Å²) in [7, 11) is 0. The van der Waals surface area contributed by atoms with E-state index in [2.05, 4.69) is 0 Å². The van der Waals surface area contributed by atoms with Crippen molar-refractivity contribution >= 4 is 11.8 Å². The fraction of sp³-hybridized carbons (Fsp3) is 0.667. The second kappa shape index (κ2) is 8.90. The Labute approximate surface area is 65.4 Å². The Kier molecular flexibility index (Phi) is 10.2. The van der Waals surface area contributed by atoms with Gasteiger partial charge in [-0.15, -0.1) is 0 Å². The molecule has 0 spiro atoms. The van der Waals surface area contributed by atoms with E-state index in [4.69, 9.17) is 16.6 Å². The van der Waals surface area contributed by atoms with Gasteiger partial charge in [-0.3, -0.25) is 9.59 Å². The molecule has 0 heterocycles. The minimum absolute atomic E-state index is 0.0509. The van der Waals surface area contributed by atoms with Crippen LogP contribution in [0.5, 0.6) is 0 Å². The van der Waals surface area contributed by atoms with Crippen molar-refractivity contribution in [2.45, 2.75) is 19.8 Å². The molecule has 0 aliphatic heterocycles. The van der Waals surface area contributed by atoms with E-state index in [1.54, 1.807) is 6.92 Å². The Bertz CT molecular complexity index is 111. The number of hydrogen-bond donors (Lipinski definition) is 3. The zero-order chi connectivity index (χ0) is 9.28. The molecule has 0 unspecified atom stereocenters. The minimum atomic E-state index is -0.496. The molecule has 0 rings (SSSR count). The molecular weight excluding hydrogens is 148 g/mol. The largest absolute Gasteiger partial charge is 0.397 e. The number of hydrogen-bond acceptors (Lipinski definition) is 3. The smallest absolute Gasteiger partial charge is 0.217 e. The average molecular weight is 162 g/mol. The molecule has 0 bridgehead atoms. The first kappa shape index (κ1) is 12.6. The standard InChI is InChI=1S/C4H8N2O2.C2H6O/c5-3(7)1-2-4(6)8;1-2-3/h1-2H2,(H2,5,7)(H2,6,8);3H,2H2,1H3. The van der Waals surface area contributed by atoms with E-state index in [9.17, 15) is 9.59 Å². The highest BCUT2D eigenvalue weighted by atomic mass is 16.2. The molecule has 2 amide bonds. The second-order valence-electron chi connectivity index (χ2n) is 1.75. The maximum Gasteiger partial charge on any atom is 0.217 e. The van der Waals surface area contributed by atoms with Crippen LogP contribution in [0, 0.1) is 0 Å². The Hall–Kier alpha value is -1.10. The molecule has 5 N–H and O–H groups in total. The summed E-state index contributed by atoms with van der Waals surface area (Å²) < 4.78 is 0. The van der Waals surface area contributed by atoms with Crippen LogP contribution in [0.4, 0.5) is 0 Å². The van der Waals surface area contributed by atoms with Crippen LogP contribution in [0.25, 0.3) is 0 Å². The normalized spacial score (nSPS) is 7.82. The van der Waals surface area contributed by atoms with Gasteiger partial charge >= 0.3 is 0 Å². The van der Waals surface area contributed by atoms with Gasteiger partial charge in [0.1, 0.15) is 0 Å². The number of amides is 2. The zero-order valence-electron chi connectivity index (χ0n) is 6.54. The quantitative estimate of drug-likeness (QED) is 0.482. The van der Waals surface area contributed by atoms with Crippen LogP contribution in [0.2, 0.25) is 0 Å². The lowest BCUT2D eigenvalue weighted by atomic mass is 10.3. The maximum absolute atomic E-state index is 9.92. The van der Waals surface area contributed by atoms with Gasteiger partial charge in [0.15, 0.2) is 0 Å². The van der Waals surface area contributed by atoms with Crippen molar-refractivity contribution in [3.63, 3.8) is 0 Å². The summed E-state index contributed by atoms with van der Waals surface area (Å²) >= 11 is 0. The van der Waals surface area contributed by atoms with Crippen molar-refractivity contribution in [1.29, 1.82) is 0 Å². The SMILES string of the molecule is CCO.NC(=O)CCC(N)=O. The molecule has 66 valence electrons. The number of carbonyl (C=O) groups is 2. The highest BCUT2D eigenvalue weighted by molar-refractivity contribution is 5.81. The topological polar surface area (TPSA) is 106 Å². The Balaban J connectivity index is 0. The molecule has 0 radical (unpaired) electrons. The zero-order valence-corrected chi connectivity index (χ0v) is 6.54. The molecule has 5 heteroatoms. The Morgan fingerprint density at radius 1 is 1.18 bits per heavy atom. The van der Waals surface area contributed by atoms with Gasteiger partial charge in [-0.05, 0) is 6.92 Å². The van der Waals surface area contributed by atoms with Crippen LogP contribution in [0.1, 0.15) is 19.8 Å². The summed E-state index contributed by atoms with van der Waals surface area (Å²) in [5.41, 5.74) is 9.39. The van der Waals surface area contributed by atoms with Gasteiger partial charge in [-0.25, -0.2) is 0 Å². The maximum atomic E-state index is 9.92. The van der Waals surface area contributed by atoms with Gasteiger partial charge in [-0.2, -0.15) is 0 Å². The van der Waals surface area contributed by atoms with Crippen molar-refractivity contribution < 1.29 is 14.7 Å². The first-order valence-corrected chi connectivity index (χ1v) is 3.22. The fourth-order valence-corrected chi connectivity index (χ4v) is 0.246. The summed E-state index contributed by atoms with van der Waals surface area (Å²) in [6, 6.07) is 0. The van der Waals surface area contributed by atoms with Gasteiger partial charge in [0.2, 0.25) is 11.8 Å². The van der Waals surface area contributed by atoms with Crippen molar-refractivity contribution in [2.75, 3.05) is 6.61 Å². The molecule has 0 aliphatic carbocycles. The predicted molar refractivity (Wildman–Crippen MR) is 40.4 cm³/mol. The van der Waals surface area contributed by atoms with E-state index in [0.717, 1.165) is 0 Å². The lowest BCUT2D eigenvalue weighted by Crippen LogP contribution is -2.16. The van der Waals surface area contributed by atoms with Crippen molar-refractivity contribution in [1.82, 2.24) is 0 Å². The summed E-state index contributed by atoms with van der Waals surface area (Å²) in [6.07, 6.45) is 0.102. The van der Waals surface area contributed by atoms with E-state index >= 15 is 0 Å². The molecule has 0 aliphatic rings. The van der Waals surface area contributed by atoms with Crippen LogP contribution in [0.3, 0.4) is 0 Å². The molecular formula is C6H14N2O3. The van der Waals surface area contributed by atoms with E-state index in [1.165, 1.54) is 0 Å². The summed E-state index contributed by atoms with van der Waals surface area (Å²) in [5, 5.41) is 7.57. The summed E-state index contributed by atoms with van der Waals surface area (Å²) in [5.74, 6) is -0.993. The van der Waals surface area contributed by atoms with Gasteiger partial charge in [0.05, 0.1) is 0 Å². The number of aliphatic hydroxyl groups is 1. The van der Waals surface area contributed by atoms with Crippen LogP contribution in [-0.4, -0.2) is 23.5 Å². The van der Waals surface area contributed by atoms with E-state index in [1.807, 2.05) is 0 Å². The van der Waals surface area contributed by atoms with Crippen LogP contribution >= 0.6 is 0 Å². The van der Waals surface area contributed by atoms with Crippen molar-refractivity contribution in [3.05, 3.63) is 0 Å². The second-order valence-corrected chi connectivity index (χ2v) is 1.75. The van der Waals surface area contributed by atoms with Gasteiger partial charge in [-0.1, -0.05) is 0 Å². The highest BCUT2D eigenvalue weighted by Gasteiger charge is 1.96. The molecule has 5 nitrogen and oxygen atoms in total. The molecule has 0 aromatic rings. The Morgan fingerprint density at radius 3 is 1.45 bits per heavy atom. The molecule has 0 saturated heterocycles. The van der Waals surface area contributed by atoms with Crippen LogP contribution < -0.4 is 11.5 Å². The third-order valence-electron chi connectivity index (χ3n) is 0.618. The summed E-state index contributed by atoms with van der Waals surface area (Å²) in [4.78, 5) is 19.8.